The zero-order chi connectivity index (χ0) is 10.7. The summed E-state index contributed by atoms with van der Waals surface area (Å²) < 4.78 is 5.61. The van der Waals surface area contributed by atoms with E-state index in [2.05, 4.69) is 6.92 Å². The van der Waals surface area contributed by atoms with Gasteiger partial charge in [0.25, 0.3) is 0 Å². The SMILES string of the molecule is CCOC[C@@H]1CN(N)CC12CCCCC2. The molecule has 2 fully saturated rings. The van der Waals surface area contributed by atoms with E-state index in [1.807, 2.05) is 5.01 Å². The summed E-state index contributed by atoms with van der Waals surface area (Å²) in [5, 5.41) is 2.01. The normalized spacial score (nSPS) is 31.2. The Labute approximate surface area is 92.9 Å². The first-order chi connectivity index (χ1) is 7.27. The predicted octanol–water partition coefficient (Wildman–Crippen LogP) is 1.78. The lowest BCUT2D eigenvalue weighted by atomic mass is 9.68. The zero-order valence-corrected chi connectivity index (χ0v) is 9.87. The summed E-state index contributed by atoms with van der Waals surface area (Å²) >= 11 is 0. The molecule has 1 aliphatic heterocycles. The maximum Gasteiger partial charge on any atom is 0.0512 e. The summed E-state index contributed by atoms with van der Waals surface area (Å²) in [5.41, 5.74) is 0.488. The molecule has 1 heterocycles. The van der Waals surface area contributed by atoms with Gasteiger partial charge in [-0.05, 0) is 25.2 Å². The van der Waals surface area contributed by atoms with Gasteiger partial charge in [-0.1, -0.05) is 19.3 Å². The number of nitrogens with zero attached hydrogens (tertiary/aromatic N) is 1. The standard InChI is InChI=1S/C12H24N2O/c1-2-15-9-11-8-14(13)10-12(11)6-4-3-5-7-12/h11H,2-10,13H2,1H3/t11-/m0/s1. The van der Waals surface area contributed by atoms with Gasteiger partial charge in [-0.15, -0.1) is 0 Å². The van der Waals surface area contributed by atoms with Gasteiger partial charge in [0.05, 0.1) is 6.61 Å². The van der Waals surface area contributed by atoms with Crippen LogP contribution < -0.4 is 5.84 Å². The second kappa shape index (κ2) is 4.81. The van der Waals surface area contributed by atoms with E-state index in [1.165, 1.54) is 32.1 Å². The monoisotopic (exact) mass is 212 g/mol. The lowest BCUT2D eigenvalue weighted by molar-refractivity contribution is 0.0467. The Bertz CT molecular complexity index is 202. The molecule has 0 unspecified atom stereocenters. The maximum atomic E-state index is 5.98. The third kappa shape index (κ3) is 2.35. The van der Waals surface area contributed by atoms with Crippen molar-refractivity contribution in [1.82, 2.24) is 5.01 Å². The summed E-state index contributed by atoms with van der Waals surface area (Å²) in [4.78, 5) is 0. The van der Waals surface area contributed by atoms with Crippen LogP contribution in [-0.2, 0) is 4.74 Å². The smallest absolute Gasteiger partial charge is 0.0512 e. The highest BCUT2D eigenvalue weighted by molar-refractivity contribution is 4.96. The van der Waals surface area contributed by atoms with Crippen LogP contribution in [0.15, 0.2) is 0 Å². The van der Waals surface area contributed by atoms with E-state index in [0.717, 1.165) is 26.3 Å². The van der Waals surface area contributed by atoms with E-state index >= 15 is 0 Å². The summed E-state index contributed by atoms with van der Waals surface area (Å²) in [7, 11) is 0. The molecule has 1 saturated carbocycles. The van der Waals surface area contributed by atoms with Crippen molar-refractivity contribution < 1.29 is 4.74 Å². The van der Waals surface area contributed by atoms with Gasteiger partial charge in [-0.25, -0.2) is 5.01 Å². The zero-order valence-electron chi connectivity index (χ0n) is 9.87. The van der Waals surface area contributed by atoms with Crippen molar-refractivity contribution in [3.8, 4) is 0 Å². The number of nitrogens with two attached hydrogens (primary N) is 1. The molecule has 2 N–H and O–H groups in total. The van der Waals surface area contributed by atoms with Crippen molar-refractivity contribution in [3.05, 3.63) is 0 Å². The molecule has 15 heavy (non-hydrogen) atoms. The number of rotatable bonds is 3. The fraction of sp³-hybridized carbons (Fsp3) is 1.00. The van der Waals surface area contributed by atoms with Gasteiger partial charge in [-0.3, -0.25) is 5.84 Å². The highest BCUT2D eigenvalue weighted by Crippen LogP contribution is 2.46. The molecule has 88 valence electrons. The fourth-order valence-electron chi connectivity index (χ4n) is 3.39. The Kier molecular flexibility index (Phi) is 3.65. The van der Waals surface area contributed by atoms with E-state index < -0.39 is 0 Å². The minimum Gasteiger partial charge on any atom is -0.381 e. The van der Waals surface area contributed by atoms with E-state index in [1.54, 1.807) is 0 Å². The predicted molar refractivity (Wildman–Crippen MR) is 61.3 cm³/mol. The minimum absolute atomic E-state index is 0.488. The van der Waals surface area contributed by atoms with Crippen molar-refractivity contribution in [2.45, 2.75) is 39.0 Å². The lowest BCUT2D eigenvalue weighted by Gasteiger charge is -2.38. The molecule has 1 saturated heterocycles. The molecule has 1 aliphatic carbocycles. The average Bonchev–Trinajstić information content (AvgIpc) is 2.53. The summed E-state index contributed by atoms with van der Waals surface area (Å²) in [6.45, 7) is 5.93. The average molecular weight is 212 g/mol. The number of hydrogen-bond donors (Lipinski definition) is 1. The van der Waals surface area contributed by atoms with E-state index in [4.69, 9.17) is 10.6 Å². The molecule has 0 aromatic carbocycles. The van der Waals surface area contributed by atoms with Crippen molar-refractivity contribution in [1.29, 1.82) is 0 Å². The van der Waals surface area contributed by atoms with Gasteiger partial charge >= 0.3 is 0 Å². The van der Waals surface area contributed by atoms with Crippen LogP contribution in [0.25, 0.3) is 0 Å². The Hall–Kier alpha value is -0.120. The van der Waals surface area contributed by atoms with Gasteiger partial charge in [0.15, 0.2) is 0 Å². The van der Waals surface area contributed by atoms with Crippen molar-refractivity contribution in [3.63, 3.8) is 0 Å². The molecule has 1 atom stereocenters. The van der Waals surface area contributed by atoms with Crippen LogP contribution in [0.4, 0.5) is 0 Å². The molecule has 0 radical (unpaired) electrons. The molecule has 2 aliphatic rings. The van der Waals surface area contributed by atoms with Gasteiger partial charge in [-0.2, -0.15) is 0 Å². The first-order valence-corrected chi connectivity index (χ1v) is 6.34. The highest BCUT2D eigenvalue weighted by Gasteiger charge is 2.45. The first kappa shape index (κ1) is 11.4. The molecule has 0 amide bonds. The minimum atomic E-state index is 0.488. The molecule has 1 spiro atoms. The van der Waals surface area contributed by atoms with E-state index in [0.29, 0.717) is 11.3 Å². The molecule has 0 bridgehead atoms. The van der Waals surface area contributed by atoms with Crippen molar-refractivity contribution in [2.75, 3.05) is 26.3 Å². The van der Waals surface area contributed by atoms with Gasteiger partial charge in [0, 0.05) is 25.6 Å². The lowest BCUT2D eigenvalue weighted by Crippen LogP contribution is -2.35. The van der Waals surface area contributed by atoms with E-state index in [9.17, 15) is 0 Å². The third-order valence-corrected chi connectivity index (χ3v) is 4.21. The summed E-state index contributed by atoms with van der Waals surface area (Å²) in [6.07, 6.45) is 6.90. The van der Waals surface area contributed by atoms with Crippen LogP contribution in [0.3, 0.4) is 0 Å². The molecular formula is C12H24N2O. The van der Waals surface area contributed by atoms with Crippen LogP contribution in [0.5, 0.6) is 0 Å². The van der Waals surface area contributed by atoms with Crippen LogP contribution in [0, 0.1) is 11.3 Å². The first-order valence-electron chi connectivity index (χ1n) is 6.34. The molecule has 0 aromatic heterocycles. The highest BCUT2D eigenvalue weighted by atomic mass is 16.5. The second-order valence-electron chi connectivity index (χ2n) is 5.21. The topological polar surface area (TPSA) is 38.5 Å². The Morgan fingerprint density at radius 2 is 2.07 bits per heavy atom. The largest absolute Gasteiger partial charge is 0.381 e. The Balaban J connectivity index is 1.99. The van der Waals surface area contributed by atoms with Gasteiger partial charge in [0.1, 0.15) is 0 Å². The Morgan fingerprint density at radius 1 is 1.33 bits per heavy atom. The van der Waals surface area contributed by atoms with Gasteiger partial charge in [0.2, 0.25) is 0 Å². The van der Waals surface area contributed by atoms with Crippen LogP contribution in [0.1, 0.15) is 39.0 Å². The Morgan fingerprint density at radius 3 is 2.73 bits per heavy atom. The molecule has 3 nitrogen and oxygen atoms in total. The molecular weight excluding hydrogens is 188 g/mol. The van der Waals surface area contributed by atoms with Crippen LogP contribution >= 0.6 is 0 Å². The number of hydrazine groups is 1. The fourth-order valence-corrected chi connectivity index (χ4v) is 3.39. The molecule has 2 rings (SSSR count). The van der Waals surface area contributed by atoms with Crippen LogP contribution in [0.2, 0.25) is 0 Å². The molecule has 0 aromatic rings. The maximum absolute atomic E-state index is 5.98. The summed E-state index contributed by atoms with van der Waals surface area (Å²) in [6, 6.07) is 0. The van der Waals surface area contributed by atoms with E-state index in [-0.39, 0.29) is 0 Å². The number of ether oxygens (including phenoxy) is 1. The van der Waals surface area contributed by atoms with Crippen LogP contribution in [-0.4, -0.2) is 31.3 Å². The second-order valence-corrected chi connectivity index (χ2v) is 5.21. The van der Waals surface area contributed by atoms with Gasteiger partial charge < -0.3 is 4.74 Å². The van der Waals surface area contributed by atoms with Crippen molar-refractivity contribution >= 4 is 0 Å². The third-order valence-electron chi connectivity index (χ3n) is 4.21. The quantitative estimate of drug-likeness (QED) is 0.725. The van der Waals surface area contributed by atoms with Crippen molar-refractivity contribution in [2.24, 2.45) is 17.2 Å². The summed E-state index contributed by atoms with van der Waals surface area (Å²) in [5.74, 6) is 6.65. The number of hydrogen-bond acceptors (Lipinski definition) is 3. The molecule has 3 heteroatoms.